The molecule has 0 radical (unpaired) electrons. The van der Waals surface area contributed by atoms with Crippen LogP contribution in [0.25, 0.3) is 0 Å². The Morgan fingerprint density at radius 2 is 1.60 bits per heavy atom. The van der Waals surface area contributed by atoms with Gasteiger partial charge in [-0.05, 0) is 49.3 Å². The highest BCUT2D eigenvalue weighted by atomic mass is 16.6. The van der Waals surface area contributed by atoms with Crippen LogP contribution in [-0.2, 0) is 27.4 Å². The second-order valence-electron chi connectivity index (χ2n) is 8.93. The van der Waals surface area contributed by atoms with E-state index < -0.39 is 18.2 Å². The summed E-state index contributed by atoms with van der Waals surface area (Å²) in [6.45, 7) is 1.62. The minimum Gasteiger partial charge on any atom is -0.496 e. The van der Waals surface area contributed by atoms with Gasteiger partial charge in [-0.2, -0.15) is 0 Å². The molecule has 2 heterocycles. The molecule has 0 aromatic heterocycles. The highest BCUT2D eigenvalue weighted by molar-refractivity contribution is 5.92. The first-order valence-corrected chi connectivity index (χ1v) is 12.3. The average molecular weight is 480 g/mol. The van der Waals surface area contributed by atoms with Crippen LogP contribution in [0.15, 0.2) is 54.6 Å². The van der Waals surface area contributed by atoms with Gasteiger partial charge in [0.05, 0.1) is 7.11 Å². The molecule has 2 aliphatic rings. The van der Waals surface area contributed by atoms with Gasteiger partial charge in [0.1, 0.15) is 24.4 Å². The van der Waals surface area contributed by atoms with Crippen LogP contribution in [0.2, 0.25) is 0 Å². The molecule has 3 amide bonds. The lowest BCUT2D eigenvalue weighted by molar-refractivity contribution is -0.141. The fraction of sp³-hybridized carbons (Fsp3) is 0.444. The number of carbonyl (C=O) groups is 3. The van der Waals surface area contributed by atoms with Crippen molar-refractivity contribution in [2.45, 2.75) is 50.8 Å². The molecule has 2 fully saturated rings. The first-order valence-electron chi connectivity index (χ1n) is 12.3. The Morgan fingerprint density at radius 1 is 0.914 bits per heavy atom. The van der Waals surface area contributed by atoms with Crippen molar-refractivity contribution in [3.63, 3.8) is 0 Å². The highest BCUT2D eigenvalue weighted by Crippen LogP contribution is 2.26. The number of para-hydroxylation sites is 1. The largest absolute Gasteiger partial charge is 0.496 e. The average Bonchev–Trinajstić information content (AvgIpc) is 3.58. The summed E-state index contributed by atoms with van der Waals surface area (Å²) >= 11 is 0. The third kappa shape index (κ3) is 5.93. The molecule has 186 valence electrons. The zero-order chi connectivity index (χ0) is 24.6. The standard InChI is InChI=1S/C27H33N3O5/c1-34-24-14-6-5-11-21(24)15-16-28-25(31)22-12-7-17-29(22)26(32)23-13-8-18-30(23)27(33)35-19-20-9-3-2-4-10-20/h2-6,9-11,14,22-23H,7-8,12-13,15-19H2,1H3,(H,28,31)/t22-,23-/m0/s1. The number of amides is 3. The van der Waals surface area contributed by atoms with E-state index in [-0.39, 0.29) is 18.4 Å². The van der Waals surface area contributed by atoms with Gasteiger partial charge in [-0.3, -0.25) is 14.5 Å². The van der Waals surface area contributed by atoms with E-state index in [0.717, 1.165) is 29.7 Å². The third-order valence-electron chi connectivity index (χ3n) is 6.70. The molecule has 2 aliphatic heterocycles. The molecule has 0 unspecified atom stereocenters. The smallest absolute Gasteiger partial charge is 0.410 e. The second-order valence-corrected chi connectivity index (χ2v) is 8.93. The summed E-state index contributed by atoms with van der Waals surface area (Å²) in [5, 5.41) is 2.98. The molecule has 2 saturated heterocycles. The van der Waals surface area contributed by atoms with Crippen LogP contribution in [0.1, 0.15) is 36.8 Å². The Morgan fingerprint density at radius 3 is 2.37 bits per heavy atom. The normalized spacial score (nSPS) is 19.5. The maximum atomic E-state index is 13.4. The van der Waals surface area contributed by atoms with Crippen molar-refractivity contribution in [2.24, 2.45) is 0 Å². The molecular formula is C27H33N3O5. The van der Waals surface area contributed by atoms with E-state index in [2.05, 4.69) is 5.32 Å². The Labute approximate surface area is 206 Å². The van der Waals surface area contributed by atoms with Crippen LogP contribution in [0.3, 0.4) is 0 Å². The fourth-order valence-corrected chi connectivity index (χ4v) is 4.89. The number of likely N-dealkylation sites (tertiary alicyclic amines) is 2. The zero-order valence-corrected chi connectivity index (χ0v) is 20.2. The van der Waals surface area contributed by atoms with Crippen molar-refractivity contribution in [1.82, 2.24) is 15.1 Å². The van der Waals surface area contributed by atoms with Gasteiger partial charge in [0.2, 0.25) is 11.8 Å². The summed E-state index contributed by atoms with van der Waals surface area (Å²) in [5.74, 6) is 0.475. The minimum absolute atomic E-state index is 0.151. The molecule has 4 rings (SSSR count). The summed E-state index contributed by atoms with van der Waals surface area (Å²) < 4.78 is 10.8. The Balaban J connectivity index is 1.31. The van der Waals surface area contributed by atoms with Gasteiger partial charge in [-0.15, -0.1) is 0 Å². The summed E-state index contributed by atoms with van der Waals surface area (Å²) in [4.78, 5) is 42.3. The Bertz CT molecular complexity index is 1030. The van der Waals surface area contributed by atoms with E-state index in [1.165, 1.54) is 4.90 Å². The van der Waals surface area contributed by atoms with Gasteiger partial charge in [0.15, 0.2) is 0 Å². The topological polar surface area (TPSA) is 88.2 Å². The molecule has 0 bridgehead atoms. The fourth-order valence-electron chi connectivity index (χ4n) is 4.89. The SMILES string of the molecule is COc1ccccc1CCNC(=O)[C@@H]1CCCN1C(=O)[C@@H]1CCCN1C(=O)OCc1ccccc1. The number of hydrogen-bond donors (Lipinski definition) is 1. The number of methoxy groups -OCH3 is 1. The maximum Gasteiger partial charge on any atom is 0.410 e. The highest BCUT2D eigenvalue weighted by Gasteiger charge is 2.42. The van der Waals surface area contributed by atoms with Gasteiger partial charge >= 0.3 is 6.09 Å². The number of carbonyl (C=O) groups excluding carboxylic acids is 3. The predicted molar refractivity (Wildman–Crippen MR) is 131 cm³/mol. The quantitative estimate of drug-likeness (QED) is 0.629. The molecule has 8 nitrogen and oxygen atoms in total. The molecule has 2 aromatic rings. The van der Waals surface area contributed by atoms with Crippen LogP contribution in [-0.4, -0.2) is 66.5 Å². The van der Waals surface area contributed by atoms with Gasteiger partial charge in [-0.25, -0.2) is 4.79 Å². The first-order chi connectivity index (χ1) is 17.1. The van der Waals surface area contributed by atoms with Crippen molar-refractivity contribution in [2.75, 3.05) is 26.7 Å². The summed E-state index contributed by atoms with van der Waals surface area (Å²) in [6, 6.07) is 16.1. The van der Waals surface area contributed by atoms with Gasteiger partial charge in [-0.1, -0.05) is 48.5 Å². The van der Waals surface area contributed by atoms with Crippen LogP contribution in [0.5, 0.6) is 5.75 Å². The number of rotatable bonds is 8. The van der Waals surface area contributed by atoms with Gasteiger partial charge in [0.25, 0.3) is 0 Å². The molecular weight excluding hydrogens is 446 g/mol. The summed E-state index contributed by atoms with van der Waals surface area (Å²) in [5.41, 5.74) is 1.91. The first kappa shape index (κ1) is 24.6. The van der Waals surface area contributed by atoms with E-state index in [9.17, 15) is 14.4 Å². The number of ether oxygens (including phenoxy) is 2. The van der Waals surface area contributed by atoms with Crippen LogP contribution >= 0.6 is 0 Å². The lowest BCUT2D eigenvalue weighted by Gasteiger charge is -2.30. The minimum atomic E-state index is -0.583. The molecule has 0 saturated carbocycles. The van der Waals surface area contributed by atoms with Crippen molar-refractivity contribution in [3.8, 4) is 5.75 Å². The van der Waals surface area contributed by atoms with E-state index in [1.54, 1.807) is 12.0 Å². The van der Waals surface area contributed by atoms with Crippen molar-refractivity contribution in [1.29, 1.82) is 0 Å². The van der Waals surface area contributed by atoms with Crippen molar-refractivity contribution < 1.29 is 23.9 Å². The zero-order valence-electron chi connectivity index (χ0n) is 20.2. The summed E-state index contributed by atoms with van der Waals surface area (Å²) in [7, 11) is 1.63. The lowest BCUT2D eigenvalue weighted by Crippen LogP contribution is -2.53. The van der Waals surface area contributed by atoms with Crippen LogP contribution in [0, 0.1) is 0 Å². The maximum absolute atomic E-state index is 13.4. The Kier molecular flexibility index (Phi) is 8.23. The van der Waals surface area contributed by atoms with Gasteiger partial charge < -0.3 is 19.7 Å². The van der Waals surface area contributed by atoms with Crippen LogP contribution < -0.4 is 10.1 Å². The van der Waals surface area contributed by atoms with Crippen molar-refractivity contribution >= 4 is 17.9 Å². The summed E-state index contributed by atoms with van der Waals surface area (Å²) in [6.07, 6.45) is 2.86. The second kappa shape index (κ2) is 11.7. The molecule has 1 N–H and O–H groups in total. The lowest BCUT2D eigenvalue weighted by atomic mass is 10.1. The molecule has 35 heavy (non-hydrogen) atoms. The van der Waals surface area contributed by atoms with E-state index in [0.29, 0.717) is 38.9 Å². The number of nitrogens with one attached hydrogen (secondary N) is 1. The van der Waals surface area contributed by atoms with Crippen molar-refractivity contribution in [3.05, 3.63) is 65.7 Å². The molecule has 0 aliphatic carbocycles. The van der Waals surface area contributed by atoms with E-state index >= 15 is 0 Å². The molecule has 0 spiro atoms. The van der Waals surface area contributed by atoms with Crippen LogP contribution in [0.4, 0.5) is 4.79 Å². The monoisotopic (exact) mass is 479 g/mol. The molecule has 2 atom stereocenters. The third-order valence-corrected chi connectivity index (χ3v) is 6.70. The molecule has 2 aromatic carbocycles. The van der Waals surface area contributed by atoms with Gasteiger partial charge in [0, 0.05) is 19.6 Å². The number of hydrogen-bond acceptors (Lipinski definition) is 5. The number of benzene rings is 2. The molecule has 8 heteroatoms. The Hall–Kier alpha value is -3.55. The predicted octanol–water partition coefficient (Wildman–Crippen LogP) is 3.15. The van der Waals surface area contributed by atoms with E-state index in [4.69, 9.17) is 9.47 Å². The van der Waals surface area contributed by atoms with E-state index in [1.807, 2.05) is 54.6 Å². The number of nitrogens with zero attached hydrogens (tertiary/aromatic N) is 2.